The van der Waals surface area contributed by atoms with Gasteiger partial charge in [-0.2, -0.15) is 0 Å². The van der Waals surface area contributed by atoms with Gasteiger partial charge in [-0.1, -0.05) is 0 Å². The van der Waals surface area contributed by atoms with Gasteiger partial charge >= 0.3 is 5.69 Å². The van der Waals surface area contributed by atoms with Gasteiger partial charge in [-0.05, 0) is 30.3 Å². The van der Waals surface area contributed by atoms with Crippen LogP contribution in [-0.2, 0) is 9.47 Å². The number of hydrogen-bond acceptors (Lipinski definition) is 10. The summed E-state index contributed by atoms with van der Waals surface area (Å²) in [4.78, 5) is 18.5. The van der Waals surface area contributed by atoms with E-state index >= 15 is 0 Å². The Morgan fingerprint density at radius 2 is 1.62 bits per heavy atom. The van der Waals surface area contributed by atoms with Crippen molar-refractivity contribution in [3.8, 4) is 51.2 Å². The molecule has 0 aliphatic heterocycles. The van der Waals surface area contributed by atoms with Gasteiger partial charge in [0.2, 0.25) is 11.5 Å². The molecule has 0 fully saturated rings. The molecule has 0 saturated heterocycles. The third kappa shape index (κ3) is 5.18. The number of methoxy groups -OCH3 is 5. The summed E-state index contributed by atoms with van der Waals surface area (Å²) in [5.41, 5.74) is 1.64. The molecule has 0 radical (unpaired) electrons. The number of furan rings is 1. The number of H-pyrrole nitrogens is 1. The maximum absolute atomic E-state index is 12.0. The zero-order chi connectivity index (χ0) is 26.4. The van der Waals surface area contributed by atoms with Gasteiger partial charge in [0, 0.05) is 30.0 Å². The molecule has 11 nitrogen and oxygen atoms in total. The molecule has 2 heterocycles. The highest BCUT2D eigenvalue weighted by atomic mass is 16.7. The van der Waals surface area contributed by atoms with Crippen LogP contribution in [0.15, 0.2) is 45.7 Å². The van der Waals surface area contributed by atoms with E-state index in [-0.39, 0.29) is 12.5 Å². The van der Waals surface area contributed by atoms with Crippen molar-refractivity contribution in [3.63, 3.8) is 0 Å². The van der Waals surface area contributed by atoms with Gasteiger partial charge in [-0.25, -0.2) is 9.78 Å². The van der Waals surface area contributed by atoms with Crippen LogP contribution in [0, 0.1) is 0 Å². The Morgan fingerprint density at radius 3 is 2.32 bits per heavy atom. The van der Waals surface area contributed by atoms with Crippen LogP contribution in [-0.4, -0.2) is 65.5 Å². The molecule has 2 aromatic heterocycles. The summed E-state index contributed by atoms with van der Waals surface area (Å²) in [5, 5.41) is 0.571. The highest BCUT2D eigenvalue weighted by Gasteiger charge is 2.26. The van der Waals surface area contributed by atoms with Crippen LogP contribution in [0.2, 0.25) is 0 Å². The van der Waals surface area contributed by atoms with Crippen LogP contribution in [0.3, 0.4) is 0 Å². The lowest BCUT2D eigenvalue weighted by Gasteiger charge is -2.16. The molecule has 4 aromatic rings. The number of ether oxygens (including phenoxy) is 7. The van der Waals surface area contributed by atoms with Crippen molar-refractivity contribution >= 4 is 11.1 Å². The Morgan fingerprint density at radius 1 is 0.865 bits per heavy atom. The first-order valence-electron chi connectivity index (χ1n) is 11.2. The quantitative estimate of drug-likeness (QED) is 0.221. The maximum atomic E-state index is 12.0. The van der Waals surface area contributed by atoms with E-state index in [0.717, 1.165) is 0 Å². The van der Waals surface area contributed by atoms with Crippen molar-refractivity contribution in [2.75, 3.05) is 55.6 Å². The molecule has 0 bridgehead atoms. The summed E-state index contributed by atoms with van der Waals surface area (Å²) >= 11 is 0. The van der Waals surface area contributed by atoms with Gasteiger partial charge in [0.25, 0.3) is 0 Å². The van der Waals surface area contributed by atoms with Gasteiger partial charge < -0.3 is 37.6 Å². The number of benzene rings is 2. The Balaban J connectivity index is 1.89. The van der Waals surface area contributed by atoms with E-state index in [1.54, 1.807) is 39.5 Å². The number of fused-ring (bicyclic) bond motifs is 1. The second-order valence-electron chi connectivity index (χ2n) is 7.65. The zero-order valence-electron chi connectivity index (χ0n) is 21.2. The summed E-state index contributed by atoms with van der Waals surface area (Å²) in [5.74, 6) is 2.72. The minimum Gasteiger partial charge on any atom is -0.493 e. The van der Waals surface area contributed by atoms with Crippen LogP contribution in [0.4, 0.5) is 0 Å². The summed E-state index contributed by atoms with van der Waals surface area (Å²) in [6.07, 6.45) is 1.46. The molecule has 0 saturated carbocycles. The van der Waals surface area contributed by atoms with E-state index in [2.05, 4.69) is 9.97 Å². The van der Waals surface area contributed by atoms with Gasteiger partial charge in [0.15, 0.2) is 29.8 Å². The van der Waals surface area contributed by atoms with Crippen LogP contribution < -0.4 is 29.4 Å². The lowest BCUT2D eigenvalue weighted by Crippen LogP contribution is -2.08. The molecule has 0 unspecified atom stereocenters. The first kappa shape index (κ1) is 25.9. The maximum Gasteiger partial charge on any atom is 0.347 e. The van der Waals surface area contributed by atoms with Crippen LogP contribution in [0.1, 0.15) is 0 Å². The molecule has 196 valence electrons. The van der Waals surface area contributed by atoms with Crippen molar-refractivity contribution in [1.29, 1.82) is 0 Å². The van der Waals surface area contributed by atoms with Crippen LogP contribution in [0.25, 0.3) is 33.6 Å². The van der Waals surface area contributed by atoms with Gasteiger partial charge in [-0.3, -0.25) is 4.98 Å². The number of aromatic nitrogens is 2. The minimum absolute atomic E-state index is 0.00307. The van der Waals surface area contributed by atoms with Crippen molar-refractivity contribution in [1.82, 2.24) is 9.97 Å². The van der Waals surface area contributed by atoms with Crippen molar-refractivity contribution < 1.29 is 37.6 Å². The molecular weight excluding hydrogens is 484 g/mol. The van der Waals surface area contributed by atoms with E-state index < -0.39 is 5.69 Å². The smallest absolute Gasteiger partial charge is 0.347 e. The highest BCUT2D eigenvalue weighted by molar-refractivity contribution is 6.02. The molecule has 37 heavy (non-hydrogen) atoms. The molecule has 11 heteroatoms. The molecular formula is C26H28N2O9. The van der Waals surface area contributed by atoms with Gasteiger partial charge in [0.05, 0.1) is 47.0 Å². The Kier molecular flexibility index (Phi) is 8.16. The lowest BCUT2D eigenvalue weighted by atomic mass is 9.98. The summed E-state index contributed by atoms with van der Waals surface area (Å²) in [6, 6.07) is 8.92. The number of nitrogens with one attached hydrogen (secondary N) is 1. The Bertz CT molecular complexity index is 1430. The Hall–Kier alpha value is -4.22. The highest BCUT2D eigenvalue weighted by Crippen LogP contribution is 2.50. The number of nitrogens with zero attached hydrogens (tertiary/aromatic N) is 1. The van der Waals surface area contributed by atoms with E-state index in [0.29, 0.717) is 69.8 Å². The number of rotatable bonds is 12. The van der Waals surface area contributed by atoms with Gasteiger partial charge in [0.1, 0.15) is 5.76 Å². The topological polar surface area (TPSA) is 124 Å². The van der Waals surface area contributed by atoms with E-state index in [9.17, 15) is 4.79 Å². The fraction of sp³-hybridized carbons (Fsp3) is 0.308. The zero-order valence-corrected chi connectivity index (χ0v) is 21.2. The largest absolute Gasteiger partial charge is 0.493 e. The summed E-state index contributed by atoms with van der Waals surface area (Å²) in [6.45, 7) is 0.824. The average Bonchev–Trinajstić information content (AvgIpc) is 3.30. The number of hydrogen-bond donors (Lipinski definition) is 1. The van der Waals surface area contributed by atoms with E-state index in [4.69, 9.17) is 37.6 Å². The second kappa shape index (κ2) is 11.7. The van der Waals surface area contributed by atoms with Crippen LogP contribution in [0.5, 0.6) is 28.7 Å². The normalized spacial score (nSPS) is 10.9. The Labute approximate surface area is 212 Å². The fourth-order valence-electron chi connectivity index (χ4n) is 3.92. The van der Waals surface area contributed by atoms with Gasteiger partial charge in [-0.15, -0.1) is 0 Å². The van der Waals surface area contributed by atoms with E-state index in [1.165, 1.54) is 20.4 Å². The molecule has 0 aliphatic rings. The molecule has 1 N–H and O–H groups in total. The fourth-order valence-corrected chi connectivity index (χ4v) is 3.92. The third-order valence-corrected chi connectivity index (χ3v) is 5.61. The SMILES string of the molecule is COCCOCOc1cc(-c2oc3[nH]c(=O)ncc3c2-c2ccc(OC)c(OC)c2OC)ccc1OC. The molecule has 2 aromatic carbocycles. The van der Waals surface area contributed by atoms with Crippen molar-refractivity contribution in [2.45, 2.75) is 0 Å². The minimum atomic E-state index is -0.536. The van der Waals surface area contributed by atoms with Crippen molar-refractivity contribution in [3.05, 3.63) is 47.0 Å². The standard InChI is InChI=1S/C26H28N2O9/c1-30-10-11-35-14-36-20-12-15(6-8-18(20)31-2)22-21(17-13-27-26(29)28-25(17)37-22)16-7-9-19(32-3)24(34-5)23(16)33-4/h6-9,12-13H,10-11,14H2,1-5H3,(H,27,28,29). The van der Waals surface area contributed by atoms with Crippen LogP contribution >= 0.6 is 0 Å². The molecule has 0 amide bonds. The molecule has 0 atom stereocenters. The first-order valence-corrected chi connectivity index (χ1v) is 11.2. The van der Waals surface area contributed by atoms with Crippen molar-refractivity contribution in [2.24, 2.45) is 0 Å². The first-order chi connectivity index (χ1) is 18.1. The third-order valence-electron chi connectivity index (χ3n) is 5.61. The monoisotopic (exact) mass is 512 g/mol. The lowest BCUT2D eigenvalue weighted by molar-refractivity contribution is -0.00942. The number of aromatic amines is 1. The summed E-state index contributed by atoms with van der Waals surface area (Å²) in [7, 11) is 7.75. The average molecular weight is 513 g/mol. The summed E-state index contributed by atoms with van der Waals surface area (Å²) < 4.78 is 44.6. The molecule has 0 spiro atoms. The van der Waals surface area contributed by atoms with E-state index in [1.807, 2.05) is 12.1 Å². The molecule has 0 aliphatic carbocycles. The second-order valence-corrected chi connectivity index (χ2v) is 7.65. The predicted molar refractivity (Wildman–Crippen MR) is 135 cm³/mol. The molecule has 4 rings (SSSR count). The predicted octanol–water partition coefficient (Wildman–Crippen LogP) is 3.88.